The molecule has 1 fully saturated rings. The predicted octanol–water partition coefficient (Wildman–Crippen LogP) is 8.77. The van der Waals surface area contributed by atoms with Crippen molar-refractivity contribution in [2.24, 2.45) is 5.92 Å². The van der Waals surface area contributed by atoms with Crippen LogP contribution in [0.4, 0.5) is 9.59 Å². The van der Waals surface area contributed by atoms with Crippen molar-refractivity contribution in [3.63, 3.8) is 0 Å². The van der Waals surface area contributed by atoms with Gasteiger partial charge in [0.15, 0.2) is 5.65 Å². The van der Waals surface area contributed by atoms with E-state index in [-0.39, 0.29) is 11.4 Å². The normalized spacial score (nSPS) is 13.9. The molecule has 0 unspecified atom stereocenters. The van der Waals surface area contributed by atoms with Crippen molar-refractivity contribution in [2.75, 3.05) is 6.54 Å². The Morgan fingerprint density at radius 2 is 1.62 bits per heavy atom. The van der Waals surface area contributed by atoms with Crippen molar-refractivity contribution in [3.05, 3.63) is 102 Å². The number of hydrogen-bond acceptors (Lipinski definition) is 8. The molecule has 4 aromatic heterocycles. The highest BCUT2D eigenvalue weighted by Gasteiger charge is 2.30. The number of aryl methyl sites for hydroxylation is 1. The molecule has 0 aliphatic heterocycles. The number of benzene rings is 2. The Bertz CT molecular complexity index is 2500. The molecule has 12 nitrogen and oxygen atoms in total. The van der Waals surface area contributed by atoms with Gasteiger partial charge in [0.1, 0.15) is 11.2 Å². The van der Waals surface area contributed by atoms with E-state index in [1.807, 2.05) is 89.6 Å². The Morgan fingerprint density at radius 3 is 2.29 bits per heavy atom. The first kappa shape index (κ1) is 37.9. The maximum atomic E-state index is 13.8. The van der Waals surface area contributed by atoms with Gasteiger partial charge in [0.2, 0.25) is 0 Å². The fourth-order valence-electron chi connectivity index (χ4n) is 6.72. The zero-order valence-corrected chi connectivity index (χ0v) is 33.3. The molecule has 0 N–H and O–H groups in total. The van der Waals surface area contributed by atoms with Crippen LogP contribution in [0.5, 0.6) is 0 Å². The van der Waals surface area contributed by atoms with E-state index in [0.717, 1.165) is 41.3 Å². The van der Waals surface area contributed by atoms with Crippen LogP contribution in [0, 0.1) is 12.8 Å². The SMILES string of the molecule is Cc1ccc(S(=O)(=O)n2ccc3cc(-c4cn(Cc5ccc6cc(CN(CC7CCC7)C(=O)OC(C)(C)C)n(C(=O)OC(C)(C)C)c6c5)cn4)cnc32)cc1. The van der Waals surface area contributed by atoms with Gasteiger partial charge in [0.05, 0.1) is 29.0 Å². The van der Waals surface area contributed by atoms with Gasteiger partial charge in [-0.25, -0.2) is 36.5 Å². The number of pyridine rings is 1. The Kier molecular flexibility index (Phi) is 9.87. The van der Waals surface area contributed by atoms with E-state index in [9.17, 15) is 18.0 Å². The average Bonchev–Trinajstić information content (AvgIpc) is 3.81. The zero-order chi connectivity index (χ0) is 39.3. The molecular weight excluding hydrogens is 717 g/mol. The first-order valence-electron chi connectivity index (χ1n) is 18.6. The summed E-state index contributed by atoms with van der Waals surface area (Å²) in [6.07, 6.45) is 9.13. The minimum Gasteiger partial charge on any atom is -0.444 e. The van der Waals surface area contributed by atoms with Gasteiger partial charge in [-0.05, 0) is 109 Å². The Balaban J connectivity index is 1.16. The second-order valence-corrected chi connectivity index (χ2v) is 18.3. The van der Waals surface area contributed by atoms with E-state index in [4.69, 9.17) is 9.47 Å². The van der Waals surface area contributed by atoms with Crippen LogP contribution in [0.25, 0.3) is 33.2 Å². The van der Waals surface area contributed by atoms with Crippen molar-refractivity contribution < 1.29 is 27.5 Å². The van der Waals surface area contributed by atoms with E-state index in [1.54, 1.807) is 52.3 Å². The number of fused-ring (bicyclic) bond motifs is 2. The third-order valence-electron chi connectivity index (χ3n) is 9.59. The van der Waals surface area contributed by atoms with Gasteiger partial charge < -0.3 is 18.9 Å². The maximum Gasteiger partial charge on any atom is 0.419 e. The number of amides is 1. The summed E-state index contributed by atoms with van der Waals surface area (Å²) in [5.74, 6) is 0.400. The van der Waals surface area contributed by atoms with Crippen molar-refractivity contribution >= 4 is 44.1 Å². The topological polar surface area (TPSA) is 131 Å². The Labute approximate surface area is 321 Å². The summed E-state index contributed by atoms with van der Waals surface area (Å²) in [5, 5.41) is 1.52. The molecule has 0 atom stereocenters. The average molecular weight is 765 g/mol. The molecule has 13 heteroatoms. The van der Waals surface area contributed by atoms with Crippen molar-refractivity contribution in [3.8, 4) is 11.3 Å². The fraction of sp³-hybridized carbons (Fsp3) is 0.381. The highest BCUT2D eigenvalue weighted by molar-refractivity contribution is 7.90. The van der Waals surface area contributed by atoms with Gasteiger partial charge in [-0.1, -0.05) is 36.2 Å². The molecule has 2 aromatic carbocycles. The minimum atomic E-state index is -3.82. The van der Waals surface area contributed by atoms with Gasteiger partial charge >= 0.3 is 12.2 Å². The highest BCUT2D eigenvalue weighted by Crippen LogP contribution is 2.31. The molecular formula is C42H48N6O6S. The summed E-state index contributed by atoms with van der Waals surface area (Å²) >= 11 is 0. The lowest BCUT2D eigenvalue weighted by Gasteiger charge is -2.33. The monoisotopic (exact) mass is 764 g/mol. The van der Waals surface area contributed by atoms with Crippen molar-refractivity contribution in [2.45, 2.75) is 96.9 Å². The largest absolute Gasteiger partial charge is 0.444 e. The number of aromatic nitrogens is 5. The smallest absolute Gasteiger partial charge is 0.419 e. The molecule has 6 aromatic rings. The molecule has 0 radical (unpaired) electrons. The van der Waals surface area contributed by atoms with Gasteiger partial charge in [-0.2, -0.15) is 0 Å². The molecule has 288 valence electrons. The summed E-state index contributed by atoms with van der Waals surface area (Å²) < 4.78 is 43.2. The van der Waals surface area contributed by atoms with E-state index in [2.05, 4.69) is 9.97 Å². The van der Waals surface area contributed by atoms with Gasteiger partial charge in [0, 0.05) is 53.7 Å². The number of carbonyl (C=O) groups is 2. The summed E-state index contributed by atoms with van der Waals surface area (Å²) in [4.78, 5) is 38.3. The van der Waals surface area contributed by atoms with E-state index in [1.165, 1.54) is 10.2 Å². The maximum absolute atomic E-state index is 13.8. The lowest BCUT2D eigenvalue weighted by atomic mass is 9.85. The molecule has 55 heavy (non-hydrogen) atoms. The van der Waals surface area contributed by atoms with Gasteiger partial charge in [-0.15, -0.1) is 0 Å². The molecule has 1 aliphatic rings. The molecule has 1 amide bonds. The first-order valence-corrected chi connectivity index (χ1v) is 20.0. The van der Waals surface area contributed by atoms with E-state index in [0.29, 0.717) is 46.9 Å². The third-order valence-corrected chi connectivity index (χ3v) is 11.3. The van der Waals surface area contributed by atoms with Gasteiger partial charge in [-0.3, -0.25) is 0 Å². The van der Waals surface area contributed by atoms with Crippen LogP contribution in [-0.2, 0) is 32.6 Å². The molecule has 7 rings (SSSR count). The first-order chi connectivity index (χ1) is 25.9. The summed E-state index contributed by atoms with van der Waals surface area (Å²) in [7, 11) is -3.82. The van der Waals surface area contributed by atoms with Crippen LogP contribution in [0.1, 0.15) is 77.6 Å². The molecule has 4 heterocycles. The molecule has 0 saturated heterocycles. The number of hydrogen-bond donors (Lipinski definition) is 0. The fourth-order valence-corrected chi connectivity index (χ4v) is 8.03. The van der Waals surface area contributed by atoms with Crippen molar-refractivity contribution in [1.82, 2.24) is 28.0 Å². The molecule has 0 bridgehead atoms. The second-order valence-electron chi connectivity index (χ2n) is 16.5. The lowest BCUT2D eigenvalue weighted by Crippen LogP contribution is -2.41. The molecule has 1 aliphatic carbocycles. The molecule has 0 spiro atoms. The zero-order valence-electron chi connectivity index (χ0n) is 32.4. The quantitative estimate of drug-likeness (QED) is 0.143. The second kappa shape index (κ2) is 14.3. The van der Waals surface area contributed by atoms with Crippen LogP contribution in [0.15, 0.2) is 90.5 Å². The van der Waals surface area contributed by atoms with Crippen molar-refractivity contribution in [1.29, 1.82) is 0 Å². The highest BCUT2D eigenvalue weighted by atomic mass is 32.2. The number of ether oxygens (including phenoxy) is 2. The summed E-state index contributed by atoms with van der Waals surface area (Å²) in [6.45, 7) is 14.2. The Morgan fingerprint density at radius 1 is 0.891 bits per heavy atom. The van der Waals surface area contributed by atoms with Gasteiger partial charge in [0.25, 0.3) is 10.0 Å². The van der Waals surface area contributed by atoms with Crippen LogP contribution in [0.2, 0.25) is 0 Å². The summed E-state index contributed by atoms with van der Waals surface area (Å²) in [5.41, 5.74) is 3.58. The number of rotatable bonds is 9. The number of carbonyl (C=O) groups excluding carboxylic acids is 2. The third kappa shape index (κ3) is 8.31. The number of nitrogens with zero attached hydrogens (tertiary/aromatic N) is 6. The lowest BCUT2D eigenvalue weighted by molar-refractivity contribution is 0.0163. The summed E-state index contributed by atoms with van der Waals surface area (Å²) in [6, 6.07) is 18.2. The minimum absolute atomic E-state index is 0.194. The van der Waals surface area contributed by atoms with Crippen LogP contribution in [-0.4, -0.2) is 66.3 Å². The Hall–Kier alpha value is -5.43. The standard InChI is InChI=1S/C42H48N6O6S/c1-28-11-15-35(16-12-28)55(51,52)47-18-17-32-20-33(22-43-38(32)47)36-26-45(27-44-36)23-30-13-14-31-21-34(48(37(31)19-30)40(50)54-42(5,6)7)25-46(24-29-9-8-10-29)39(49)53-41(2,3)4/h11-22,26-27,29H,8-10,23-25H2,1-7H3. The number of imidazole rings is 1. The van der Waals surface area contributed by atoms with Crippen LogP contribution >= 0.6 is 0 Å². The van der Waals surface area contributed by atoms with Crippen LogP contribution in [0.3, 0.4) is 0 Å². The predicted molar refractivity (Wildman–Crippen MR) is 211 cm³/mol. The molecule has 1 saturated carbocycles. The van der Waals surface area contributed by atoms with E-state index >= 15 is 0 Å². The van der Waals surface area contributed by atoms with E-state index < -0.39 is 33.4 Å². The van der Waals surface area contributed by atoms with Crippen LogP contribution < -0.4 is 0 Å².